The minimum Gasteiger partial charge on any atom is -0.377 e. The largest absolute Gasteiger partial charge is 0.377 e. The molecule has 13 heteroatoms. The van der Waals surface area contributed by atoms with Crippen molar-refractivity contribution in [1.82, 2.24) is 9.97 Å². The number of nitrogens with zero attached hydrogens (tertiary/aromatic N) is 4. The van der Waals surface area contributed by atoms with Crippen LogP contribution in [0.4, 0.5) is 17.2 Å². The van der Waals surface area contributed by atoms with Crippen molar-refractivity contribution < 1.29 is 26.4 Å². The summed E-state index contributed by atoms with van der Waals surface area (Å²) >= 11 is 0. The van der Waals surface area contributed by atoms with E-state index in [2.05, 4.69) is 9.71 Å². The lowest BCUT2D eigenvalue weighted by molar-refractivity contribution is -0.122. The molecule has 0 saturated carbocycles. The fourth-order valence-corrected chi connectivity index (χ4v) is 5.58. The van der Waals surface area contributed by atoms with Crippen molar-refractivity contribution in [3.63, 3.8) is 0 Å². The number of sulfone groups is 1. The Labute approximate surface area is 215 Å². The summed E-state index contributed by atoms with van der Waals surface area (Å²) in [5.41, 5.74) is 2.28. The van der Waals surface area contributed by atoms with Gasteiger partial charge in [-0.05, 0) is 29.8 Å². The van der Waals surface area contributed by atoms with Gasteiger partial charge in [0.15, 0.2) is 21.5 Å². The standard InChI is InChI=1S/C24H25N5O6S2/c1-36(31,32)19-8-6-16(7-9-19)14-29-20-13-25-22(17-4-3-5-18(12-17)27-37(2,33)34)26-23(20)28-10-11-35-15-21(28)24(29)30/h3-9,12-13,21,27H,10-11,14-15H2,1-2H3. The SMILES string of the molecule is CS(=O)(=O)Nc1cccc(-c2ncc3c(n2)N2CCOCC2C(=O)N3Cc2ccc(S(C)(=O)=O)cc2)c1. The smallest absolute Gasteiger partial charge is 0.252 e. The fraction of sp³-hybridized carbons (Fsp3) is 0.292. The maximum atomic E-state index is 13.5. The monoisotopic (exact) mass is 543 g/mol. The fourth-order valence-electron chi connectivity index (χ4n) is 4.39. The Morgan fingerprint density at radius 2 is 1.84 bits per heavy atom. The lowest BCUT2D eigenvalue weighted by Crippen LogP contribution is -2.58. The number of morpholine rings is 1. The lowest BCUT2D eigenvalue weighted by Gasteiger charge is -2.43. The summed E-state index contributed by atoms with van der Waals surface area (Å²) in [6.07, 6.45) is 3.81. The van der Waals surface area contributed by atoms with Crippen molar-refractivity contribution in [3.8, 4) is 11.4 Å². The third kappa shape index (κ3) is 5.29. The first-order valence-electron chi connectivity index (χ1n) is 11.4. The van der Waals surface area contributed by atoms with E-state index in [1.54, 1.807) is 47.5 Å². The Hall–Kier alpha value is -3.55. The Morgan fingerprint density at radius 1 is 1.08 bits per heavy atom. The van der Waals surface area contributed by atoms with Gasteiger partial charge in [-0.3, -0.25) is 9.52 Å². The summed E-state index contributed by atoms with van der Waals surface area (Å²) in [5.74, 6) is 0.801. The topological polar surface area (TPSA) is 139 Å². The van der Waals surface area contributed by atoms with Crippen molar-refractivity contribution in [2.45, 2.75) is 17.5 Å². The van der Waals surface area contributed by atoms with Crippen LogP contribution in [0.2, 0.25) is 0 Å². The van der Waals surface area contributed by atoms with Crippen LogP contribution in [-0.4, -0.2) is 71.0 Å². The van der Waals surface area contributed by atoms with E-state index in [0.29, 0.717) is 41.7 Å². The molecular formula is C24H25N5O6S2. The highest BCUT2D eigenvalue weighted by molar-refractivity contribution is 7.92. The molecule has 2 aliphatic rings. The van der Waals surface area contributed by atoms with Gasteiger partial charge in [-0.1, -0.05) is 24.3 Å². The molecule has 0 bridgehead atoms. The molecule has 194 valence electrons. The van der Waals surface area contributed by atoms with Gasteiger partial charge in [0.1, 0.15) is 11.7 Å². The predicted molar refractivity (Wildman–Crippen MR) is 139 cm³/mol. The number of fused-ring (bicyclic) bond motifs is 3. The average Bonchev–Trinajstić information content (AvgIpc) is 2.85. The van der Waals surface area contributed by atoms with Crippen LogP contribution in [-0.2, 0) is 35.9 Å². The molecule has 1 N–H and O–H groups in total. The number of benzene rings is 2. The van der Waals surface area contributed by atoms with Crippen LogP contribution in [0, 0.1) is 0 Å². The van der Waals surface area contributed by atoms with Crippen molar-refractivity contribution in [2.75, 3.05) is 46.8 Å². The zero-order valence-electron chi connectivity index (χ0n) is 20.2. The number of ether oxygens (including phenoxy) is 1. The molecule has 0 aliphatic carbocycles. The van der Waals surface area contributed by atoms with Gasteiger partial charge in [-0.15, -0.1) is 0 Å². The summed E-state index contributed by atoms with van der Waals surface area (Å²) in [4.78, 5) is 26.5. The number of amides is 1. The van der Waals surface area contributed by atoms with E-state index in [9.17, 15) is 21.6 Å². The van der Waals surface area contributed by atoms with Crippen LogP contribution >= 0.6 is 0 Å². The van der Waals surface area contributed by atoms with Crippen molar-refractivity contribution >= 4 is 43.0 Å². The van der Waals surface area contributed by atoms with Crippen LogP contribution in [0.15, 0.2) is 59.6 Å². The van der Waals surface area contributed by atoms with E-state index in [4.69, 9.17) is 9.72 Å². The molecular weight excluding hydrogens is 518 g/mol. The van der Waals surface area contributed by atoms with Gasteiger partial charge in [0.05, 0.1) is 37.1 Å². The van der Waals surface area contributed by atoms with Gasteiger partial charge in [-0.2, -0.15) is 0 Å². The molecule has 1 unspecified atom stereocenters. The molecule has 11 nitrogen and oxygen atoms in total. The maximum Gasteiger partial charge on any atom is 0.252 e. The van der Waals surface area contributed by atoms with Crippen LogP contribution in [0.1, 0.15) is 5.56 Å². The van der Waals surface area contributed by atoms with Crippen LogP contribution in [0.3, 0.4) is 0 Å². The van der Waals surface area contributed by atoms with Crippen LogP contribution in [0.25, 0.3) is 11.4 Å². The third-order valence-corrected chi connectivity index (χ3v) is 7.84. The van der Waals surface area contributed by atoms with Crippen molar-refractivity contribution in [3.05, 3.63) is 60.3 Å². The van der Waals surface area contributed by atoms with Gasteiger partial charge >= 0.3 is 0 Å². The summed E-state index contributed by atoms with van der Waals surface area (Å²) in [5, 5.41) is 0. The Balaban J connectivity index is 1.53. The van der Waals surface area contributed by atoms with Crippen molar-refractivity contribution in [1.29, 1.82) is 0 Å². The molecule has 0 spiro atoms. The van der Waals surface area contributed by atoms with E-state index in [0.717, 1.165) is 18.1 Å². The van der Waals surface area contributed by atoms with E-state index < -0.39 is 25.9 Å². The van der Waals surface area contributed by atoms with Gasteiger partial charge in [0.25, 0.3) is 5.91 Å². The quantitative estimate of drug-likeness (QED) is 0.492. The molecule has 3 aromatic rings. The molecule has 1 saturated heterocycles. The third-order valence-electron chi connectivity index (χ3n) is 6.11. The molecule has 5 rings (SSSR count). The highest BCUT2D eigenvalue weighted by atomic mass is 32.2. The Morgan fingerprint density at radius 3 is 2.54 bits per heavy atom. The minimum atomic E-state index is -3.45. The summed E-state index contributed by atoms with van der Waals surface area (Å²) in [6, 6.07) is 12.6. The highest BCUT2D eigenvalue weighted by Gasteiger charge is 2.41. The van der Waals surface area contributed by atoms with E-state index in [-0.39, 0.29) is 24.0 Å². The van der Waals surface area contributed by atoms with E-state index in [1.807, 2.05) is 4.90 Å². The molecule has 1 aromatic heterocycles. The van der Waals surface area contributed by atoms with Gasteiger partial charge in [0, 0.05) is 24.1 Å². The Bertz CT molecular complexity index is 1580. The van der Waals surface area contributed by atoms with Crippen LogP contribution in [0.5, 0.6) is 0 Å². The number of rotatable bonds is 6. The maximum absolute atomic E-state index is 13.5. The van der Waals surface area contributed by atoms with Gasteiger partial charge < -0.3 is 14.5 Å². The number of carbonyl (C=O) groups is 1. The van der Waals surface area contributed by atoms with Crippen LogP contribution < -0.4 is 14.5 Å². The molecule has 3 heterocycles. The van der Waals surface area contributed by atoms with Gasteiger partial charge in [0.2, 0.25) is 10.0 Å². The number of sulfonamides is 1. The highest BCUT2D eigenvalue weighted by Crippen LogP contribution is 2.37. The molecule has 1 fully saturated rings. The number of nitrogens with one attached hydrogen (secondary N) is 1. The molecule has 1 amide bonds. The lowest BCUT2D eigenvalue weighted by atomic mass is 10.1. The first-order valence-corrected chi connectivity index (χ1v) is 15.2. The summed E-state index contributed by atoms with van der Waals surface area (Å²) in [6.45, 7) is 1.35. The van der Waals surface area contributed by atoms with E-state index >= 15 is 0 Å². The average molecular weight is 544 g/mol. The number of hydrogen-bond donors (Lipinski definition) is 1. The van der Waals surface area contributed by atoms with Gasteiger partial charge in [-0.25, -0.2) is 26.8 Å². The number of carbonyl (C=O) groups excluding carboxylic acids is 1. The molecule has 1 atom stereocenters. The molecule has 2 aliphatic heterocycles. The Kier molecular flexibility index (Phi) is 6.38. The molecule has 2 aromatic carbocycles. The van der Waals surface area contributed by atoms with Crippen molar-refractivity contribution in [2.24, 2.45) is 0 Å². The second-order valence-corrected chi connectivity index (χ2v) is 12.7. The normalized spacial score (nSPS) is 17.8. The number of hydrogen-bond acceptors (Lipinski definition) is 9. The molecule has 0 radical (unpaired) electrons. The first-order chi connectivity index (χ1) is 17.5. The number of aromatic nitrogens is 2. The second kappa shape index (κ2) is 9.39. The molecule has 37 heavy (non-hydrogen) atoms. The minimum absolute atomic E-state index is 0.157. The predicted octanol–water partition coefficient (Wildman–Crippen LogP) is 1.67. The second-order valence-electron chi connectivity index (χ2n) is 8.98. The number of anilines is 3. The first kappa shape index (κ1) is 25.1. The van der Waals surface area contributed by atoms with E-state index in [1.165, 1.54) is 12.1 Å². The summed E-state index contributed by atoms with van der Waals surface area (Å²) in [7, 11) is -6.78. The zero-order chi connectivity index (χ0) is 26.4. The zero-order valence-corrected chi connectivity index (χ0v) is 21.8. The summed E-state index contributed by atoms with van der Waals surface area (Å²) < 4.78 is 55.0.